The van der Waals surface area contributed by atoms with Crippen LogP contribution in [0.1, 0.15) is 43.6 Å². The highest BCUT2D eigenvalue weighted by molar-refractivity contribution is 7.80. The van der Waals surface area contributed by atoms with Crippen LogP contribution < -0.4 is 10.6 Å². The number of fused-ring (bicyclic) bond motifs is 1. The second-order valence-electron chi connectivity index (χ2n) is 7.68. The number of amides is 3. The molecule has 2 N–H and O–H groups in total. The van der Waals surface area contributed by atoms with Crippen LogP contribution in [0.5, 0.6) is 0 Å². The fourth-order valence-corrected chi connectivity index (χ4v) is 4.87. The summed E-state index contributed by atoms with van der Waals surface area (Å²) in [5, 5.41) is 7.48. The molecule has 0 spiro atoms. The number of thiocarbonyl (C=S) groups is 1. The molecule has 0 atom stereocenters. The van der Waals surface area contributed by atoms with Gasteiger partial charge in [0, 0.05) is 10.9 Å². The smallest absolute Gasteiger partial charge is 0.341 e. The molecule has 0 aliphatic carbocycles. The van der Waals surface area contributed by atoms with Gasteiger partial charge in [-0.3, -0.25) is 19.3 Å². The zero-order chi connectivity index (χ0) is 25.1. The van der Waals surface area contributed by atoms with Gasteiger partial charge in [-0.15, -0.1) is 11.3 Å². The first-order valence-corrected chi connectivity index (χ1v) is 12.0. The number of aryl methyl sites for hydroxylation is 1. The molecule has 3 aromatic rings. The number of ether oxygens (including phenoxy) is 1. The normalized spacial score (nSPS) is 12.3. The topological polar surface area (TPSA) is 105 Å². The Balaban J connectivity index is 1.47. The second-order valence-corrected chi connectivity index (χ2v) is 8.97. The molecule has 0 radical (unpaired) electrons. The van der Waals surface area contributed by atoms with Crippen molar-refractivity contribution in [3.8, 4) is 11.1 Å². The van der Waals surface area contributed by atoms with Crippen molar-refractivity contribution in [2.75, 3.05) is 18.5 Å². The molecule has 0 bridgehead atoms. The van der Waals surface area contributed by atoms with Gasteiger partial charge in [-0.05, 0) is 43.8 Å². The first kappa shape index (κ1) is 24.2. The predicted molar refractivity (Wildman–Crippen MR) is 137 cm³/mol. The molecule has 0 saturated heterocycles. The van der Waals surface area contributed by atoms with E-state index >= 15 is 0 Å². The van der Waals surface area contributed by atoms with E-state index in [1.54, 1.807) is 31.2 Å². The number of hydrogen-bond acceptors (Lipinski definition) is 7. The van der Waals surface area contributed by atoms with Gasteiger partial charge in [-0.1, -0.05) is 42.0 Å². The van der Waals surface area contributed by atoms with Gasteiger partial charge in [-0.25, -0.2) is 4.79 Å². The number of benzene rings is 2. The van der Waals surface area contributed by atoms with Gasteiger partial charge in [0.15, 0.2) is 5.11 Å². The van der Waals surface area contributed by atoms with Crippen LogP contribution in [0.25, 0.3) is 11.1 Å². The first-order chi connectivity index (χ1) is 16.8. The van der Waals surface area contributed by atoms with Crippen LogP contribution in [0.4, 0.5) is 5.00 Å². The maximum atomic E-state index is 12.7. The summed E-state index contributed by atoms with van der Waals surface area (Å²) < 4.78 is 5.23. The summed E-state index contributed by atoms with van der Waals surface area (Å²) in [7, 11) is 0. The van der Waals surface area contributed by atoms with Gasteiger partial charge >= 0.3 is 5.97 Å². The van der Waals surface area contributed by atoms with Crippen molar-refractivity contribution in [1.29, 1.82) is 0 Å². The molecule has 4 rings (SSSR count). The quantitative estimate of drug-likeness (QED) is 0.295. The third-order valence-electron chi connectivity index (χ3n) is 5.29. The average molecular weight is 508 g/mol. The van der Waals surface area contributed by atoms with Crippen LogP contribution in [-0.2, 0) is 9.53 Å². The molecule has 0 fully saturated rings. The standard InChI is InChI=1S/C25H21N3O5S2/c1-3-33-24(32)20-18(15-10-8-14(2)9-11-15)13-35-21(20)27-25(34)26-19(29)12-28-22(30)16-6-4-5-7-17(16)23(28)31/h4-11,13H,3,12H2,1-2H3,(H2,26,27,29,34). The number of imide groups is 1. The second kappa shape index (κ2) is 10.2. The molecule has 10 heteroatoms. The molecule has 0 unspecified atom stereocenters. The summed E-state index contributed by atoms with van der Waals surface area (Å²) in [5.41, 5.74) is 3.42. The van der Waals surface area contributed by atoms with E-state index in [0.717, 1.165) is 16.0 Å². The van der Waals surface area contributed by atoms with E-state index in [9.17, 15) is 19.2 Å². The Hall–Kier alpha value is -3.89. The maximum Gasteiger partial charge on any atom is 0.341 e. The largest absolute Gasteiger partial charge is 0.462 e. The molecule has 8 nitrogen and oxygen atoms in total. The molecule has 2 heterocycles. The Morgan fingerprint density at radius 3 is 2.23 bits per heavy atom. The van der Waals surface area contributed by atoms with E-state index in [4.69, 9.17) is 17.0 Å². The van der Waals surface area contributed by atoms with E-state index in [1.807, 2.05) is 36.6 Å². The first-order valence-electron chi connectivity index (χ1n) is 10.7. The fourth-order valence-electron chi connectivity index (χ4n) is 3.63. The maximum absolute atomic E-state index is 12.7. The van der Waals surface area contributed by atoms with E-state index in [1.165, 1.54) is 11.3 Å². The third kappa shape index (κ3) is 4.98. The SMILES string of the molecule is CCOC(=O)c1c(-c2ccc(C)cc2)csc1NC(=S)NC(=O)CN1C(=O)c2ccccc2C1=O. The van der Waals surface area contributed by atoms with Gasteiger partial charge < -0.3 is 15.4 Å². The van der Waals surface area contributed by atoms with Gasteiger partial charge in [-0.2, -0.15) is 0 Å². The number of anilines is 1. The highest BCUT2D eigenvalue weighted by atomic mass is 32.1. The van der Waals surface area contributed by atoms with Gasteiger partial charge in [0.05, 0.1) is 17.7 Å². The number of esters is 1. The van der Waals surface area contributed by atoms with E-state index in [2.05, 4.69) is 10.6 Å². The van der Waals surface area contributed by atoms with Crippen molar-refractivity contribution in [3.05, 3.63) is 76.2 Å². The lowest BCUT2D eigenvalue weighted by molar-refractivity contribution is -0.120. The van der Waals surface area contributed by atoms with Gasteiger partial charge in [0.25, 0.3) is 11.8 Å². The van der Waals surface area contributed by atoms with Crippen molar-refractivity contribution < 1.29 is 23.9 Å². The Morgan fingerprint density at radius 1 is 1.00 bits per heavy atom. The Bertz CT molecular complexity index is 1310. The summed E-state index contributed by atoms with van der Waals surface area (Å²) >= 11 is 6.50. The summed E-state index contributed by atoms with van der Waals surface area (Å²) in [4.78, 5) is 51.1. The van der Waals surface area contributed by atoms with Crippen molar-refractivity contribution in [1.82, 2.24) is 10.2 Å². The van der Waals surface area contributed by atoms with Gasteiger partial charge in [0.2, 0.25) is 5.91 Å². The minimum absolute atomic E-state index is 0.0746. The number of hydrogen-bond donors (Lipinski definition) is 2. The minimum Gasteiger partial charge on any atom is -0.462 e. The summed E-state index contributed by atoms with van der Waals surface area (Å²) in [5.74, 6) is -2.24. The third-order valence-corrected chi connectivity index (χ3v) is 6.39. The molecule has 1 aliphatic heterocycles. The molecule has 178 valence electrons. The van der Waals surface area contributed by atoms with E-state index < -0.39 is 30.2 Å². The molecule has 0 saturated carbocycles. The zero-order valence-electron chi connectivity index (χ0n) is 18.9. The molecular formula is C25H21N3O5S2. The molecular weight excluding hydrogens is 486 g/mol. The molecule has 1 aromatic heterocycles. The van der Waals surface area contributed by atoms with Crippen LogP contribution in [0.15, 0.2) is 53.9 Å². The lowest BCUT2D eigenvalue weighted by Crippen LogP contribution is -2.43. The lowest BCUT2D eigenvalue weighted by Gasteiger charge is -2.15. The van der Waals surface area contributed by atoms with Crippen molar-refractivity contribution >= 4 is 57.4 Å². The fraction of sp³-hybridized carbons (Fsp3) is 0.160. The summed E-state index contributed by atoms with van der Waals surface area (Å²) in [6.45, 7) is 3.40. The van der Waals surface area contributed by atoms with E-state index in [-0.39, 0.29) is 22.8 Å². The Labute approximate surface area is 210 Å². The number of carbonyl (C=O) groups excluding carboxylic acids is 4. The number of carbonyl (C=O) groups is 4. The number of nitrogens with zero attached hydrogens (tertiary/aromatic N) is 1. The predicted octanol–water partition coefficient (Wildman–Crippen LogP) is 4.01. The minimum atomic E-state index is -0.648. The van der Waals surface area contributed by atoms with Crippen molar-refractivity contribution in [2.24, 2.45) is 0 Å². The Morgan fingerprint density at radius 2 is 1.63 bits per heavy atom. The molecule has 3 amide bonds. The van der Waals surface area contributed by atoms with Crippen LogP contribution in [-0.4, -0.2) is 46.9 Å². The molecule has 2 aromatic carbocycles. The van der Waals surface area contributed by atoms with Crippen LogP contribution >= 0.6 is 23.6 Å². The van der Waals surface area contributed by atoms with Crippen molar-refractivity contribution in [3.63, 3.8) is 0 Å². The molecule has 1 aliphatic rings. The monoisotopic (exact) mass is 507 g/mol. The highest BCUT2D eigenvalue weighted by Gasteiger charge is 2.36. The van der Waals surface area contributed by atoms with Crippen LogP contribution in [0.2, 0.25) is 0 Å². The van der Waals surface area contributed by atoms with Crippen molar-refractivity contribution in [2.45, 2.75) is 13.8 Å². The zero-order valence-corrected chi connectivity index (χ0v) is 20.5. The van der Waals surface area contributed by atoms with Crippen LogP contribution in [0.3, 0.4) is 0 Å². The summed E-state index contributed by atoms with van der Waals surface area (Å²) in [6, 6.07) is 14.1. The lowest BCUT2D eigenvalue weighted by atomic mass is 10.0. The number of rotatable bonds is 6. The number of thiophene rings is 1. The van der Waals surface area contributed by atoms with Gasteiger partial charge in [0.1, 0.15) is 17.1 Å². The Kier molecular flexibility index (Phi) is 7.04. The van der Waals surface area contributed by atoms with Crippen LogP contribution in [0, 0.1) is 6.92 Å². The summed E-state index contributed by atoms with van der Waals surface area (Å²) in [6.07, 6.45) is 0. The highest BCUT2D eigenvalue weighted by Crippen LogP contribution is 2.36. The number of nitrogens with one attached hydrogen (secondary N) is 2. The average Bonchev–Trinajstić information content (AvgIpc) is 3.34. The van der Waals surface area contributed by atoms with E-state index in [0.29, 0.717) is 16.1 Å². The molecule has 35 heavy (non-hydrogen) atoms.